The molecular formula is C5H14N4O6Si. The predicted octanol–water partition coefficient (Wildman–Crippen LogP) is -3.19. The minimum Gasteiger partial charge on any atom is -0.511 e. The lowest BCUT2D eigenvalue weighted by Crippen LogP contribution is -2.18. The van der Waals surface area contributed by atoms with Gasteiger partial charge in [-0.15, -0.1) is 0 Å². The van der Waals surface area contributed by atoms with E-state index < -0.39 is 21.2 Å². The van der Waals surface area contributed by atoms with E-state index >= 15 is 0 Å². The van der Waals surface area contributed by atoms with Crippen LogP contribution in [0.15, 0.2) is 12.7 Å². The number of amides is 4. The molecule has 94 valence electrons. The minimum absolute atomic E-state index is 0.639. The molecule has 0 aliphatic carbocycles. The van der Waals surface area contributed by atoms with Gasteiger partial charge in [-0.2, -0.15) is 0 Å². The second-order valence-electron chi connectivity index (χ2n) is 1.46. The largest absolute Gasteiger partial charge is 0.761 e. The van der Waals surface area contributed by atoms with E-state index in [1.54, 1.807) is 0 Å². The molecule has 0 radical (unpaired) electrons. The predicted molar refractivity (Wildman–Crippen MR) is 54.7 cm³/mol. The molecule has 0 aliphatic rings. The first-order valence-corrected chi connectivity index (χ1v) is 4.49. The molecular weight excluding hydrogens is 240 g/mol. The molecule has 0 aromatic heterocycles. The Balaban J connectivity index is -0.0000000600. The quantitative estimate of drug-likeness (QED) is 0.161. The summed E-state index contributed by atoms with van der Waals surface area (Å²) in [4.78, 5) is 41.4. The van der Waals surface area contributed by atoms with Crippen LogP contribution in [-0.4, -0.2) is 37.1 Å². The van der Waals surface area contributed by atoms with Gasteiger partial charge < -0.3 is 32.5 Å². The van der Waals surface area contributed by atoms with Crippen LogP contribution < -0.4 is 22.9 Å². The lowest BCUT2D eigenvalue weighted by molar-refractivity contribution is -0.104. The third-order valence-electron chi connectivity index (χ3n) is 0.0962. The van der Waals surface area contributed by atoms with Crippen LogP contribution in [0.5, 0.6) is 0 Å². The average molecular weight is 254 g/mol. The number of urea groups is 2. The summed E-state index contributed by atoms with van der Waals surface area (Å²) >= 11 is 0. The first-order valence-electron chi connectivity index (χ1n) is 3.19. The van der Waals surface area contributed by atoms with E-state index in [2.05, 4.69) is 29.5 Å². The van der Waals surface area contributed by atoms with E-state index in [0.29, 0.717) is 6.29 Å². The van der Waals surface area contributed by atoms with Gasteiger partial charge >= 0.3 is 21.2 Å². The Hall–Kier alpha value is -2.43. The minimum atomic E-state index is -3.13. The van der Waals surface area contributed by atoms with Gasteiger partial charge in [-0.1, -0.05) is 6.58 Å². The summed E-state index contributed by atoms with van der Waals surface area (Å²) in [6, 6.07) is -1.67. The zero-order chi connectivity index (χ0) is 14.1. The van der Waals surface area contributed by atoms with Crippen LogP contribution >= 0.6 is 0 Å². The smallest absolute Gasteiger partial charge is 0.511 e. The van der Waals surface area contributed by atoms with Gasteiger partial charge in [0.25, 0.3) is 0 Å². The Morgan fingerprint density at radius 2 is 1.12 bits per heavy atom. The van der Waals surface area contributed by atoms with Crippen LogP contribution in [0.4, 0.5) is 9.59 Å². The molecule has 16 heavy (non-hydrogen) atoms. The maximum atomic E-state index is 9.06. The molecule has 0 heterocycles. The lowest BCUT2D eigenvalue weighted by atomic mass is 10.8. The fraction of sp³-hybridized carbons (Fsp3) is 0. The van der Waals surface area contributed by atoms with Crippen LogP contribution in [0.1, 0.15) is 0 Å². The van der Waals surface area contributed by atoms with E-state index in [1.165, 1.54) is 6.08 Å². The number of hydrogen-bond acceptors (Lipinski definition) is 4. The number of aldehydes is 1. The van der Waals surface area contributed by atoms with Crippen LogP contribution in [-0.2, 0) is 9.26 Å². The van der Waals surface area contributed by atoms with Crippen molar-refractivity contribution in [1.82, 2.24) is 0 Å². The van der Waals surface area contributed by atoms with Crippen molar-refractivity contribution in [3.63, 3.8) is 0 Å². The number of hydrogen-bond donors (Lipinski definition) is 6. The van der Waals surface area contributed by atoms with E-state index in [-0.39, 0.29) is 0 Å². The standard InChI is InChI=1S/C3H4O.2CH4N2O.H2O3Si/c1-2-3-4;2*2-1(3)4;1-4(2)3/h2-3H,1H2;2*(H4,2,3,4);1-2H. The summed E-state index contributed by atoms with van der Waals surface area (Å²) in [5.41, 5.74) is 17.0. The van der Waals surface area contributed by atoms with Gasteiger partial charge in [-0.3, -0.25) is 9.26 Å². The number of rotatable bonds is 1. The maximum absolute atomic E-state index is 9.06. The highest BCUT2D eigenvalue weighted by molar-refractivity contribution is 6.22. The number of carbonyl (C=O) groups excluding carboxylic acids is 3. The third kappa shape index (κ3) is 629. The molecule has 0 unspecified atom stereocenters. The molecule has 10 N–H and O–H groups in total. The van der Waals surface area contributed by atoms with E-state index in [0.717, 1.165) is 0 Å². The molecule has 0 fully saturated rings. The van der Waals surface area contributed by atoms with Crippen molar-refractivity contribution in [2.45, 2.75) is 0 Å². The van der Waals surface area contributed by atoms with Crippen molar-refractivity contribution < 1.29 is 28.4 Å². The topological polar surface area (TPSA) is 213 Å². The number of allylic oxidation sites excluding steroid dienone is 1. The van der Waals surface area contributed by atoms with Gasteiger partial charge in [-0.25, -0.2) is 9.59 Å². The molecule has 10 nitrogen and oxygen atoms in total. The monoisotopic (exact) mass is 254 g/mol. The van der Waals surface area contributed by atoms with Crippen molar-refractivity contribution >= 4 is 27.5 Å². The van der Waals surface area contributed by atoms with E-state index in [1.807, 2.05) is 0 Å². The first-order chi connectivity index (χ1) is 7.11. The highest BCUT2D eigenvalue weighted by atomic mass is 28.3. The summed E-state index contributed by atoms with van der Waals surface area (Å²) in [6.07, 6.45) is 1.83. The third-order valence-corrected chi connectivity index (χ3v) is 0.0962. The van der Waals surface area contributed by atoms with Gasteiger partial charge in [0.15, 0.2) is 0 Å². The van der Waals surface area contributed by atoms with Crippen molar-refractivity contribution in [3.05, 3.63) is 12.7 Å². The SMILES string of the molecule is C=CC=O.NC(N)=O.NC(N)=O.O=[Si](O)O. The Bertz CT molecular complexity index is 186. The van der Waals surface area contributed by atoms with Crippen LogP contribution in [0.2, 0.25) is 0 Å². The zero-order valence-electron chi connectivity index (χ0n) is 8.20. The first kappa shape index (κ1) is 23.4. The molecule has 0 aromatic carbocycles. The van der Waals surface area contributed by atoms with Gasteiger partial charge in [0.2, 0.25) is 0 Å². The molecule has 0 atom stereocenters. The van der Waals surface area contributed by atoms with Crippen LogP contribution in [0, 0.1) is 0 Å². The highest BCUT2D eigenvalue weighted by Crippen LogP contribution is 1.35. The van der Waals surface area contributed by atoms with Gasteiger partial charge in [0.05, 0.1) is 0 Å². The van der Waals surface area contributed by atoms with Crippen molar-refractivity contribution in [2.75, 3.05) is 0 Å². The number of carbonyl (C=O) groups is 3. The molecule has 0 aromatic rings. The zero-order valence-corrected chi connectivity index (χ0v) is 9.20. The molecule has 0 saturated carbocycles. The Kier molecular flexibility index (Phi) is 33.5. The molecule has 0 saturated heterocycles. The number of nitrogens with two attached hydrogens (primary N) is 4. The summed E-state index contributed by atoms with van der Waals surface area (Å²) < 4.78 is 8.74. The average Bonchev–Trinajstić information content (AvgIpc) is 2.00. The molecule has 11 heteroatoms. The Labute approximate surface area is 92.4 Å². The second-order valence-corrected chi connectivity index (χ2v) is 2.02. The van der Waals surface area contributed by atoms with Gasteiger partial charge in [0.1, 0.15) is 6.29 Å². The van der Waals surface area contributed by atoms with Crippen molar-refractivity contribution in [2.24, 2.45) is 22.9 Å². The van der Waals surface area contributed by atoms with E-state index in [9.17, 15) is 0 Å². The lowest BCUT2D eigenvalue weighted by Gasteiger charge is -1.62. The molecule has 0 spiro atoms. The summed E-state index contributed by atoms with van der Waals surface area (Å²) in [5, 5.41) is 0. The maximum Gasteiger partial charge on any atom is 0.761 e. The van der Waals surface area contributed by atoms with Crippen molar-refractivity contribution in [3.8, 4) is 0 Å². The Morgan fingerprint density at radius 1 is 1.06 bits per heavy atom. The summed E-state index contributed by atoms with van der Waals surface area (Å²) in [7, 11) is -3.13. The molecule has 0 bridgehead atoms. The fourth-order valence-corrected chi connectivity index (χ4v) is 0. The number of primary amides is 4. The van der Waals surface area contributed by atoms with Gasteiger partial charge in [0, 0.05) is 0 Å². The molecule has 0 aliphatic heterocycles. The summed E-state index contributed by atoms with van der Waals surface area (Å²) in [5.74, 6) is 0. The molecule has 0 rings (SSSR count). The normalized spacial score (nSPS) is 5.75. The van der Waals surface area contributed by atoms with Crippen LogP contribution in [0.25, 0.3) is 0 Å². The summed E-state index contributed by atoms with van der Waals surface area (Å²) in [6.45, 7) is 3.11. The second kappa shape index (κ2) is 22.9. The molecule has 4 amide bonds. The van der Waals surface area contributed by atoms with Crippen molar-refractivity contribution in [1.29, 1.82) is 0 Å². The van der Waals surface area contributed by atoms with Gasteiger partial charge in [-0.05, 0) is 6.08 Å². The Morgan fingerprint density at radius 3 is 1.12 bits per heavy atom. The van der Waals surface area contributed by atoms with Crippen LogP contribution in [0.3, 0.4) is 0 Å². The highest BCUT2D eigenvalue weighted by Gasteiger charge is 1.85. The van der Waals surface area contributed by atoms with E-state index in [4.69, 9.17) is 28.4 Å². The fourth-order valence-electron chi connectivity index (χ4n) is 0.